The number of nitrogens with zero attached hydrogens (tertiary/aromatic N) is 3. The fourth-order valence-electron chi connectivity index (χ4n) is 3.13. The maximum absolute atomic E-state index is 4.46. The van der Waals surface area contributed by atoms with Gasteiger partial charge in [0.2, 0.25) is 0 Å². The van der Waals surface area contributed by atoms with Crippen molar-refractivity contribution in [3.8, 4) is 0 Å². The van der Waals surface area contributed by atoms with Crippen molar-refractivity contribution in [2.45, 2.75) is 39.7 Å². The summed E-state index contributed by atoms with van der Waals surface area (Å²) in [6.45, 7) is 7.71. The monoisotopic (exact) mass is 404 g/mol. The molecule has 2 heterocycles. The molecule has 0 spiro atoms. The third kappa shape index (κ3) is 4.14. The minimum Gasteiger partial charge on any atom is -0.353 e. The van der Waals surface area contributed by atoms with Crippen LogP contribution in [0.15, 0.2) is 23.3 Å². The molecule has 2 rings (SSSR count). The highest BCUT2D eigenvalue weighted by atomic mass is 127. The summed E-state index contributed by atoms with van der Waals surface area (Å²) in [5, 5.41) is 3.50. The molecule has 1 N–H and O–H groups in total. The summed E-state index contributed by atoms with van der Waals surface area (Å²) in [5.74, 6) is 1.04. The van der Waals surface area contributed by atoms with Crippen molar-refractivity contribution in [1.82, 2.24) is 14.8 Å². The van der Waals surface area contributed by atoms with Gasteiger partial charge in [0.1, 0.15) is 0 Å². The number of aliphatic imine (C=N–C) groups is 1. The first-order chi connectivity index (χ1) is 9.64. The zero-order valence-electron chi connectivity index (χ0n) is 13.7. The molecule has 0 aromatic carbocycles. The van der Waals surface area contributed by atoms with Crippen LogP contribution >= 0.6 is 24.0 Å². The summed E-state index contributed by atoms with van der Waals surface area (Å²) in [6, 6.07) is 4.22. The van der Waals surface area contributed by atoms with Gasteiger partial charge >= 0.3 is 0 Å². The van der Waals surface area contributed by atoms with E-state index in [1.54, 1.807) is 0 Å². The van der Waals surface area contributed by atoms with Crippen molar-refractivity contribution in [2.75, 3.05) is 20.1 Å². The van der Waals surface area contributed by atoms with Gasteiger partial charge in [-0.05, 0) is 36.8 Å². The summed E-state index contributed by atoms with van der Waals surface area (Å²) in [6.07, 6.45) is 5.88. The Labute approximate surface area is 146 Å². The summed E-state index contributed by atoms with van der Waals surface area (Å²) >= 11 is 0. The van der Waals surface area contributed by atoms with Gasteiger partial charge in [-0.25, -0.2) is 0 Å². The Kier molecular flexibility index (Phi) is 7.03. The number of halogens is 1. The molecule has 0 unspecified atom stereocenters. The molecule has 4 nitrogen and oxygen atoms in total. The Morgan fingerprint density at radius 1 is 1.38 bits per heavy atom. The molecule has 1 aliphatic heterocycles. The molecule has 1 aromatic heterocycles. The number of aromatic nitrogens is 1. The van der Waals surface area contributed by atoms with Crippen molar-refractivity contribution in [3.63, 3.8) is 0 Å². The van der Waals surface area contributed by atoms with Gasteiger partial charge in [0.15, 0.2) is 5.96 Å². The maximum atomic E-state index is 4.46. The number of nitrogens with one attached hydrogen (secondary N) is 1. The van der Waals surface area contributed by atoms with Crippen LogP contribution in [-0.2, 0) is 13.6 Å². The highest BCUT2D eigenvalue weighted by Crippen LogP contribution is 2.36. The summed E-state index contributed by atoms with van der Waals surface area (Å²) in [4.78, 5) is 6.87. The Balaban J connectivity index is 0.00000220. The Morgan fingerprint density at radius 3 is 2.57 bits per heavy atom. The lowest BCUT2D eigenvalue weighted by Gasteiger charge is -2.28. The minimum absolute atomic E-state index is 0. The number of hydrogen-bond acceptors (Lipinski definition) is 1. The maximum Gasteiger partial charge on any atom is 0.193 e. The molecule has 1 aromatic rings. The Bertz CT molecular complexity index is 463. The second kappa shape index (κ2) is 8.06. The topological polar surface area (TPSA) is 32.6 Å². The smallest absolute Gasteiger partial charge is 0.193 e. The van der Waals surface area contributed by atoms with E-state index in [1.165, 1.54) is 25.0 Å². The third-order valence-electron chi connectivity index (χ3n) is 4.93. The van der Waals surface area contributed by atoms with Gasteiger partial charge < -0.3 is 14.8 Å². The normalized spacial score (nSPS) is 17.7. The average Bonchev–Trinajstić information content (AvgIpc) is 3.07. The van der Waals surface area contributed by atoms with Crippen LogP contribution in [0.5, 0.6) is 0 Å². The second-order valence-electron chi connectivity index (χ2n) is 5.89. The average molecular weight is 404 g/mol. The first-order valence-electron chi connectivity index (χ1n) is 7.70. The van der Waals surface area contributed by atoms with E-state index in [-0.39, 0.29) is 24.0 Å². The van der Waals surface area contributed by atoms with E-state index < -0.39 is 0 Å². The van der Waals surface area contributed by atoms with Crippen LogP contribution in [0, 0.1) is 5.41 Å². The van der Waals surface area contributed by atoms with Gasteiger partial charge in [-0.15, -0.1) is 24.0 Å². The van der Waals surface area contributed by atoms with Crippen LogP contribution in [0.25, 0.3) is 0 Å². The molecule has 0 atom stereocenters. The SMILES string of the molecule is CCC1(CC)CCN(C(=NC)NCc2cccn2C)C1.I. The molecule has 1 saturated heterocycles. The van der Waals surface area contributed by atoms with E-state index in [0.717, 1.165) is 25.6 Å². The summed E-state index contributed by atoms with van der Waals surface area (Å²) in [5.41, 5.74) is 1.77. The summed E-state index contributed by atoms with van der Waals surface area (Å²) < 4.78 is 2.15. The van der Waals surface area contributed by atoms with Gasteiger partial charge in [0.25, 0.3) is 0 Å². The van der Waals surface area contributed by atoms with Gasteiger partial charge in [-0.3, -0.25) is 4.99 Å². The van der Waals surface area contributed by atoms with E-state index in [1.807, 2.05) is 7.05 Å². The molecule has 0 aliphatic carbocycles. The van der Waals surface area contributed by atoms with Gasteiger partial charge in [0, 0.05) is 39.1 Å². The van der Waals surface area contributed by atoms with Crippen LogP contribution in [0.4, 0.5) is 0 Å². The largest absolute Gasteiger partial charge is 0.353 e. The van der Waals surface area contributed by atoms with Crippen molar-refractivity contribution in [3.05, 3.63) is 24.0 Å². The van der Waals surface area contributed by atoms with Crippen LogP contribution in [0.1, 0.15) is 38.8 Å². The number of guanidine groups is 1. The predicted octanol–water partition coefficient (Wildman–Crippen LogP) is 3.23. The molecule has 21 heavy (non-hydrogen) atoms. The molecule has 0 saturated carbocycles. The molecule has 1 fully saturated rings. The van der Waals surface area contributed by atoms with Crippen LogP contribution in [0.2, 0.25) is 0 Å². The molecular weight excluding hydrogens is 375 g/mol. The zero-order chi connectivity index (χ0) is 14.6. The minimum atomic E-state index is 0. The number of aryl methyl sites for hydroxylation is 1. The molecule has 0 radical (unpaired) electrons. The van der Waals surface area contributed by atoms with Gasteiger partial charge in [-0.2, -0.15) is 0 Å². The van der Waals surface area contributed by atoms with Crippen LogP contribution in [-0.4, -0.2) is 35.6 Å². The standard InChI is InChI=1S/C16H28N4.HI/c1-5-16(6-2)9-11-20(13-16)15(17-3)18-12-14-8-7-10-19(14)4;/h7-8,10H,5-6,9,11-13H2,1-4H3,(H,17,18);1H. The molecule has 0 amide bonds. The third-order valence-corrected chi connectivity index (χ3v) is 4.93. The lowest BCUT2D eigenvalue weighted by molar-refractivity contribution is 0.276. The van der Waals surface area contributed by atoms with Crippen molar-refractivity contribution in [1.29, 1.82) is 0 Å². The van der Waals surface area contributed by atoms with Crippen LogP contribution in [0.3, 0.4) is 0 Å². The Hall–Kier alpha value is -0.720. The van der Waals surface area contributed by atoms with E-state index in [9.17, 15) is 0 Å². The van der Waals surface area contributed by atoms with Crippen molar-refractivity contribution in [2.24, 2.45) is 17.5 Å². The van der Waals surface area contributed by atoms with Gasteiger partial charge in [-0.1, -0.05) is 13.8 Å². The number of hydrogen-bond donors (Lipinski definition) is 1. The number of rotatable bonds is 4. The Morgan fingerprint density at radius 2 is 2.10 bits per heavy atom. The molecule has 120 valence electrons. The van der Waals surface area contributed by atoms with E-state index in [0.29, 0.717) is 5.41 Å². The highest BCUT2D eigenvalue weighted by molar-refractivity contribution is 14.0. The molecule has 1 aliphatic rings. The fourth-order valence-corrected chi connectivity index (χ4v) is 3.13. The van der Waals surface area contributed by atoms with E-state index in [4.69, 9.17) is 0 Å². The molecule has 5 heteroatoms. The second-order valence-corrected chi connectivity index (χ2v) is 5.89. The van der Waals surface area contributed by atoms with Crippen LogP contribution < -0.4 is 5.32 Å². The molecular formula is C16H29IN4. The zero-order valence-corrected chi connectivity index (χ0v) is 16.1. The lowest BCUT2D eigenvalue weighted by atomic mass is 9.82. The molecule has 0 bridgehead atoms. The highest BCUT2D eigenvalue weighted by Gasteiger charge is 2.36. The first kappa shape index (κ1) is 18.3. The number of likely N-dealkylation sites (tertiary alicyclic amines) is 1. The van der Waals surface area contributed by atoms with E-state index >= 15 is 0 Å². The van der Waals surface area contributed by atoms with Crippen molar-refractivity contribution < 1.29 is 0 Å². The van der Waals surface area contributed by atoms with E-state index in [2.05, 4.69) is 59.0 Å². The first-order valence-corrected chi connectivity index (χ1v) is 7.70. The lowest BCUT2D eigenvalue weighted by Crippen LogP contribution is -2.41. The predicted molar refractivity (Wildman–Crippen MR) is 100 cm³/mol. The fraction of sp³-hybridized carbons (Fsp3) is 0.688. The quantitative estimate of drug-likeness (QED) is 0.475. The summed E-state index contributed by atoms with van der Waals surface area (Å²) in [7, 11) is 3.96. The van der Waals surface area contributed by atoms with Crippen molar-refractivity contribution >= 4 is 29.9 Å². The van der Waals surface area contributed by atoms with Gasteiger partial charge in [0.05, 0.1) is 6.54 Å².